The van der Waals surface area contributed by atoms with Gasteiger partial charge in [-0.05, 0) is 37.8 Å². The van der Waals surface area contributed by atoms with E-state index in [4.69, 9.17) is 27.2 Å². The van der Waals surface area contributed by atoms with Gasteiger partial charge in [-0.25, -0.2) is 0 Å². The number of likely N-dealkylation sites (tertiary alicyclic amines) is 1. The summed E-state index contributed by atoms with van der Waals surface area (Å²) in [6.45, 7) is 4.91. The van der Waals surface area contributed by atoms with E-state index in [9.17, 15) is 9.59 Å². The van der Waals surface area contributed by atoms with Crippen molar-refractivity contribution in [1.82, 2.24) is 10.2 Å². The standard InChI is InChI=1S/C20H30ClN3O4/c1-13-12-24(8-5-3-4-6-19(25)26)9-7-17(13)23-20(27)14-10-15(21)16(22)11-18(14)28-2/h10-11,13,17H,3-9,12,22H2,1-2H3,(H,23,27)(H,25,26)/t13-,17+/m0/s1. The van der Waals surface area contributed by atoms with Gasteiger partial charge in [-0.3, -0.25) is 9.59 Å². The Balaban J connectivity index is 1.84. The number of nitrogens with two attached hydrogens (primary N) is 1. The SMILES string of the molecule is COc1cc(N)c(Cl)cc1C(=O)N[C@@H]1CCN(CCCCCC(=O)O)C[C@@H]1C. The molecular weight excluding hydrogens is 382 g/mol. The first kappa shape index (κ1) is 22.3. The van der Waals surface area contributed by atoms with E-state index in [2.05, 4.69) is 17.1 Å². The third-order valence-electron chi connectivity index (χ3n) is 5.23. The lowest BCUT2D eigenvalue weighted by atomic mass is 9.93. The van der Waals surface area contributed by atoms with Crippen molar-refractivity contribution in [3.8, 4) is 5.75 Å². The molecule has 2 atom stereocenters. The zero-order chi connectivity index (χ0) is 20.7. The number of ether oxygens (including phenoxy) is 1. The molecule has 0 spiro atoms. The van der Waals surface area contributed by atoms with E-state index in [-0.39, 0.29) is 18.4 Å². The molecule has 1 fully saturated rings. The largest absolute Gasteiger partial charge is 0.496 e. The van der Waals surface area contributed by atoms with Crippen molar-refractivity contribution in [3.63, 3.8) is 0 Å². The van der Waals surface area contributed by atoms with Crippen molar-refractivity contribution in [2.45, 2.75) is 45.1 Å². The first-order valence-corrected chi connectivity index (χ1v) is 10.1. The molecule has 1 aromatic rings. The molecule has 1 saturated heterocycles. The number of piperidine rings is 1. The van der Waals surface area contributed by atoms with Gasteiger partial charge in [-0.1, -0.05) is 24.9 Å². The Bertz CT molecular complexity index is 698. The van der Waals surface area contributed by atoms with Crippen molar-refractivity contribution in [2.75, 3.05) is 32.5 Å². The average molecular weight is 412 g/mol. The molecule has 0 saturated carbocycles. The van der Waals surface area contributed by atoms with Crippen LogP contribution in [-0.4, -0.2) is 54.7 Å². The number of carboxylic acids is 1. The molecule has 156 valence electrons. The number of carbonyl (C=O) groups excluding carboxylic acids is 1. The molecule has 1 aliphatic rings. The number of nitrogen functional groups attached to an aromatic ring is 1. The lowest BCUT2D eigenvalue weighted by molar-refractivity contribution is -0.137. The van der Waals surface area contributed by atoms with Gasteiger partial charge in [0.05, 0.1) is 23.4 Å². The van der Waals surface area contributed by atoms with Gasteiger partial charge < -0.3 is 25.8 Å². The Morgan fingerprint density at radius 3 is 2.75 bits per heavy atom. The smallest absolute Gasteiger partial charge is 0.303 e. The van der Waals surface area contributed by atoms with Crippen LogP contribution in [0.15, 0.2) is 12.1 Å². The highest BCUT2D eigenvalue weighted by atomic mass is 35.5. The number of carbonyl (C=O) groups is 2. The second-order valence-electron chi connectivity index (χ2n) is 7.42. The fraction of sp³-hybridized carbons (Fsp3) is 0.600. The van der Waals surface area contributed by atoms with Crippen LogP contribution < -0.4 is 15.8 Å². The Morgan fingerprint density at radius 1 is 1.36 bits per heavy atom. The highest BCUT2D eigenvalue weighted by Gasteiger charge is 2.28. The summed E-state index contributed by atoms with van der Waals surface area (Å²) in [4.78, 5) is 25.7. The first-order valence-electron chi connectivity index (χ1n) is 9.69. The number of nitrogens with one attached hydrogen (secondary N) is 1. The quantitative estimate of drug-likeness (QED) is 0.426. The number of halogens is 1. The zero-order valence-electron chi connectivity index (χ0n) is 16.5. The summed E-state index contributed by atoms with van der Waals surface area (Å²) < 4.78 is 5.27. The van der Waals surface area contributed by atoms with E-state index in [0.717, 1.165) is 45.3 Å². The number of benzene rings is 1. The van der Waals surface area contributed by atoms with Crippen molar-refractivity contribution in [1.29, 1.82) is 0 Å². The summed E-state index contributed by atoms with van der Waals surface area (Å²) >= 11 is 6.07. The third kappa shape index (κ3) is 6.27. The molecule has 0 aromatic heterocycles. The molecular formula is C20H30ClN3O4. The average Bonchev–Trinajstić information content (AvgIpc) is 2.65. The Morgan fingerprint density at radius 2 is 2.11 bits per heavy atom. The molecule has 1 aromatic carbocycles. The van der Waals surface area contributed by atoms with Crippen LogP contribution in [0.4, 0.5) is 5.69 Å². The van der Waals surface area contributed by atoms with Gasteiger partial charge >= 0.3 is 5.97 Å². The second kappa shape index (κ2) is 10.5. The molecule has 0 radical (unpaired) electrons. The fourth-order valence-corrected chi connectivity index (χ4v) is 3.76. The number of anilines is 1. The Hall–Kier alpha value is -1.99. The number of methoxy groups -OCH3 is 1. The van der Waals surface area contributed by atoms with E-state index in [1.54, 1.807) is 12.1 Å². The zero-order valence-corrected chi connectivity index (χ0v) is 17.3. The summed E-state index contributed by atoms with van der Waals surface area (Å²) in [7, 11) is 1.50. The normalized spacial score (nSPS) is 20.0. The van der Waals surface area contributed by atoms with Gasteiger partial charge in [0.15, 0.2) is 0 Å². The van der Waals surface area contributed by atoms with Gasteiger partial charge in [-0.2, -0.15) is 0 Å². The third-order valence-corrected chi connectivity index (χ3v) is 5.56. The second-order valence-corrected chi connectivity index (χ2v) is 7.83. The number of hydrogen-bond donors (Lipinski definition) is 3. The first-order chi connectivity index (χ1) is 13.3. The van der Waals surface area contributed by atoms with Gasteiger partial charge in [0.1, 0.15) is 5.75 Å². The molecule has 8 heteroatoms. The minimum Gasteiger partial charge on any atom is -0.496 e. The van der Waals surface area contributed by atoms with Crippen LogP contribution in [0.5, 0.6) is 5.75 Å². The molecule has 28 heavy (non-hydrogen) atoms. The number of rotatable bonds is 9. The van der Waals surface area contributed by atoms with Crippen molar-refractivity contribution in [2.24, 2.45) is 5.92 Å². The maximum absolute atomic E-state index is 12.7. The predicted octanol–water partition coefficient (Wildman–Crippen LogP) is 3.02. The number of nitrogens with zero attached hydrogens (tertiary/aromatic N) is 1. The van der Waals surface area contributed by atoms with Crippen LogP contribution in [0.25, 0.3) is 0 Å². The summed E-state index contributed by atoms with van der Waals surface area (Å²) in [5, 5.41) is 12.1. The van der Waals surface area contributed by atoms with Gasteiger partial charge in [0.2, 0.25) is 0 Å². The van der Waals surface area contributed by atoms with E-state index in [1.165, 1.54) is 7.11 Å². The summed E-state index contributed by atoms with van der Waals surface area (Å²) in [5.41, 5.74) is 6.54. The van der Waals surface area contributed by atoms with Crippen molar-refractivity contribution in [3.05, 3.63) is 22.7 Å². The summed E-state index contributed by atoms with van der Waals surface area (Å²) in [6.07, 6.45) is 3.76. The van der Waals surface area contributed by atoms with Gasteiger partial charge in [0.25, 0.3) is 5.91 Å². The van der Waals surface area contributed by atoms with Crippen LogP contribution in [0.3, 0.4) is 0 Å². The van der Waals surface area contributed by atoms with Crippen LogP contribution in [0.1, 0.15) is 49.4 Å². The lowest BCUT2D eigenvalue weighted by Crippen LogP contribution is -2.50. The Labute approximate surface area is 171 Å². The molecule has 0 bridgehead atoms. The van der Waals surface area contributed by atoms with Crippen LogP contribution in [-0.2, 0) is 4.79 Å². The van der Waals surface area contributed by atoms with Gasteiger partial charge in [0, 0.05) is 31.6 Å². The molecule has 1 heterocycles. The van der Waals surface area contributed by atoms with Crippen LogP contribution >= 0.6 is 11.6 Å². The molecule has 1 aliphatic heterocycles. The minimum atomic E-state index is -0.732. The van der Waals surface area contributed by atoms with E-state index in [1.807, 2.05) is 0 Å². The van der Waals surface area contributed by atoms with Crippen molar-refractivity contribution < 1.29 is 19.4 Å². The molecule has 7 nitrogen and oxygen atoms in total. The van der Waals surface area contributed by atoms with Gasteiger partial charge in [-0.15, -0.1) is 0 Å². The highest BCUT2D eigenvalue weighted by molar-refractivity contribution is 6.33. The molecule has 0 unspecified atom stereocenters. The van der Waals surface area contributed by atoms with Crippen LogP contribution in [0.2, 0.25) is 5.02 Å². The number of carboxylic acid groups (broad SMARTS) is 1. The number of aliphatic carboxylic acids is 1. The predicted molar refractivity (Wildman–Crippen MR) is 110 cm³/mol. The number of hydrogen-bond acceptors (Lipinski definition) is 5. The molecule has 4 N–H and O–H groups in total. The molecule has 0 aliphatic carbocycles. The summed E-state index contributed by atoms with van der Waals surface area (Å²) in [5.74, 6) is -0.222. The highest BCUT2D eigenvalue weighted by Crippen LogP contribution is 2.29. The monoisotopic (exact) mass is 411 g/mol. The maximum atomic E-state index is 12.7. The fourth-order valence-electron chi connectivity index (χ4n) is 3.60. The number of amides is 1. The maximum Gasteiger partial charge on any atom is 0.303 e. The number of unbranched alkanes of at least 4 members (excludes halogenated alkanes) is 2. The van der Waals surface area contributed by atoms with Crippen LogP contribution in [0, 0.1) is 5.92 Å². The van der Waals surface area contributed by atoms with Crippen molar-refractivity contribution >= 4 is 29.2 Å². The lowest BCUT2D eigenvalue weighted by Gasteiger charge is -2.37. The van der Waals surface area contributed by atoms with E-state index in [0.29, 0.717) is 27.9 Å². The van der Waals surface area contributed by atoms with E-state index < -0.39 is 5.97 Å². The molecule has 1 amide bonds. The Kier molecular flexibility index (Phi) is 8.38. The summed E-state index contributed by atoms with van der Waals surface area (Å²) in [6, 6.07) is 3.19. The topological polar surface area (TPSA) is 105 Å². The molecule has 2 rings (SSSR count). The minimum absolute atomic E-state index is 0.0804. The van der Waals surface area contributed by atoms with E-state index >= 15 is 0 Å².